The number of benzene rings is 1. The molecule has 1 aliphatic heterocycles. The van der Waals surface area contributed by atoms with Crippen molar-refractivity contribution in [1.82, 2.24) is 14.4 Å². The van der Waals surface area contributed by atoms with Crippen LogP contribution in [0.4, 0.5) is 4.39 Å². The molecule has 1 fully saturated rings. The second kappa shape index (κ2) is 5.60. The molecule has 0 spiro atoms. The first-order valence-electron chi connectivity index (χ1n) is 6.66. The molecule has 6 nitrogen and oxygen atoms in total. The highest BCUT2D eigenvalue weighted by molar-refractivity contribution is 7.89. The minimum Gasteiger partial charge on any atom is -0.338 e. The lowest BCUT2D eigenvalue weighted by molar-refractivity contribution is 0.289. The van der Waals surface area contributed by atoms with Crippen molar-refractivity contribution in [2.45, 2.75) is 30.7 Å². The van der Waals surface area contributed by atoms with Gasteiger partial charge in [-0.25, -0.2) is 12.8 Å². The van der Waals surface area contributed by atoms with Gasteiger partial charge in [-0.1, -0.05) is 16.8 Å². The zero-order chi connectivity index (χ0) is 15.9. The average molecular weight is 346 g/mol. The third kappa shape index (κ3) is 2.62. The van der Waals surface area contributed by atoms with E-state index in [-0.39, 0.29) is 15.8 Å². The van der Waals surface area contributed by atoms with E-state index in [1.54, 1.807) is 6.92 Å². The van der Waals surface area contributed by atoms with Gasteiger partial charge in [0.1, 0.15) is 11.9 Å². The van der Waals surface area contributed by atoms with Crippen LogP contribution >= 0.6 is 11.6 Å². The Morgan fingerprint density at radius 2 is 2.23 bits per heavy atom. The lowest BCUT2D eigenvalue weighted by Gasteiger charge is -2.21. The molecule has 3 rings (SSSR count). The van der Waals surface area contributed by atoms with Crippen molar-refractivity contribution in [1.29, 1.82) is 0 Å². The van der Waals surface area contributed by atoms with Gasteiger partial charge in [-0.3, -0.25) is 0 Å². The Kier molecular flexibility index (Phi) is 3.92. The number of halogens is 2. The smallest absolute Gasteiger partial charge is 0.245 e. The Hall–Kier alpha value is -1.51. The van der Waals surface area contributed by atoms with Crippen LogP contribution in [0.5, 0.6) is 0 Å². The fraction of sp³-hybridized carbons (Fsp3) is 0.385. The molecule has 2 heterocycles. The van der Waals surface area contributed by atoms with E-state index in [1.807, 2.05) is 0 Å². The van der Waals surface area contributed by atoms with Gasteiger partial charge in [-0.15, -0.1) is 0 Å². The van der Waals surface area contributed by atoms with Crippen molar-refractivity contribution < 1.29 is 17.3 Å². The van der Waals surface area contributed by atoms with Crippen molar-refractivity contribution in [3.8, 4) is 0 Å². The first-order valence-corrected chi connectivity index (χ1v) is 8.48. The van der Waals surface area contributed by atoms with Gasteiger partial charge in [0.25, 0.3) is 0 Å². The summed E-state index contributed by atoms with van der Waals surface area (Å²) in [6, 6.07) is 2.85. The summed E-state index contributed by atoms with van der Waals surface area (Å²) in [6.07, 6.45) is 1.27. The molecule has 0 aliphatic carbocycles. The third-order valence-electron chi connectivity index (χ3n) is 3.53. The number of hydrogen-bond acceptors (Lipinski definition) is 5. The molecule has 2 aromatic rings. The number of hydrogen-bond donors (Lipinski definition) is 0. The highest BCUT2D eigenvalue weighted by atomic mass is 35.5. The maximum Gasteiger partial charge on any atom is 0.245 e. The predicted molar refractivity (Wildman–Crippen MR) is 76.3 cm³/mol. The zero-order valence-electron chi connectivity index (χ0n) is 11.7. The topological polar surface area (TPSA) is 76.3 Å². The standard InChI is InChI=1S/C13H13ClFN3O3S/c1-8-16-13(21-17-8)12-3-2-6-18(12)22(19,20)9-4-5-11(15)10(14)7-9/h4-5,7,12H,2-3,6H2,1H3. The molecule has 0 bridgehead atoms. The maximum absolute atomic E-state index is 13.2. The minimum atomic E-state index is -3.81. The molecule has 1 atom stereocenters. The fourth-order valence-corrected chi connectivity index (χ4v) is 4.42. The molecule has 0 amide bonds. The van der Waals surface area contributed by atoms with Gasteiger partial charge in [0.05, 0.1) is 9.92 Å². The molecule has 9 heteroatoms. The first-order chi connectivity index (χ1) is 10.4. The van der Waals surface area contributed by atoms with Crippen molar-refractivity contribution in [3.63, 3.8) is 0 Å². The molecular weight excluding hydrogens is 333 g/mol. The number of nitrogens with zero attached hydrogens (tertiary/aromatic N) is 3. The zero-order valence-corrected chi connectivity index (χ0v) is 13.2. The Labute approximate surface area is 131 Å². The summed E-state index contributed by atoms with van der Waals surface area (Å²) >= 11 is 5.68. The molecule has 118 valence electrons. The fourth-order valence-electron chi connectivity index (χ4n) is 2.50. The van der Waals surface area contributed by atoms with Gasteiger partial charge in [-0.2, -0.15) is 9.29 Å². The summed E-state index contributed by atoms with van der Waals surface area (Å²) in [6.45, 7) is 2.00. The summed E-state index contributed by atoms with van der Waals surface area (Å²) in [5.74, 6) is 0.0574. The quantitative estimate of drug-likeness (QED) is 0.854. The van der Waals surface area contributed by atoms with Crippen LogP contribution in [0.2, 0.25) is 5.02 Å². The second-order valence-electron chi connectivity index (χ2n) is 5.03. The minimum absolute atomic E-state index is 0.0537. The van der Waals surface area contributed by atoms with E-state index in [2.05, 4.69) is 10.1 Å². The normalized spacial score (nSPS) is 19.7. The van der Waals surface area contributed by atoms with E-state index in [1.165, 1.54) is 10.4 Å². The molecule has 0 saturated carbocycles. The van der Waals surface area contributed by atoms with E-state index >= 15 is 0 Å². The van der Waals surface area contributed by atoms with Crippen molar-refractivity contribution in [2.75, 3.05) is 6.54 Å². The van der Waals surface area contributed by atoms with Crippen molar-refractivity contribution >= 4 is 21.6 Å². The molecular formula is C13H13ClFN3O3S. The molecule has 1 aliphatic rings. The van der Waals surface area contributed by atoms with E-state index < -0.39 is 21.9 Å². The van der Waals surface area contributed by atoms with Crippen LogP contribution in [0.1, 0.15) is 30.6 Å². The van der Waals surface area contributed by atoms with Crippen molar-refractivity contribution in [2.24, 2.45) is 0 Å². The molecule has 0 radical (unpaired) electrons. The van der Waals surface area contributed by atoms with Crippen LogP contribution in [0, 0.1) is 12.7 Å². The number of sulfonamides is 1. The lowest BCUT2D eigenvalue weighted by Crippen LogP contribution is -2.31. The van der Waals surface area contributed by atoms with E-state index in [9.17, 15) is 12.8 Å². The van der Waals surface area contributed by atoms with Gasteiger partial charge >= 0.3 is 0 Å². The molecule has 1 saturated heterocycles. The van der Waals surface area contributed by atoms with Gasteiger partial charge in [0, 0.05) is 6.54 Å². The molecule has 1 aromatic heterocycles. The van der Waals surface area contributed by atoms with Crippen molar-refractivity contribution in [3.05, 3.63) is 40.8 Å². The molecule has 22 heavy (non-hydrogen) atoms. The summed E-state index contributed by atoms with van der Waals surface area (Å²) in [5.41, 5.74) is 0. The summed E-state index contributed by atoms with van der Waals surface area (Å²) < 4.78 is 45.1. The Morgan fingerprint density at radius 1 is 1.45 bits per heavy atom. The van der Waals surface area contributed by atoms with Gasteiger partial charge in [0.15, 0.2) is 5.82 Å². The van der Waals surface area contributed by atoms with Crippen LogP contribution in [0.15, 0.2) is 27.6 Å². The van der Waals surface area contributed by atoms with Gasteiger partial charge in [0.2, 0.25) is 15.9 Å². The Balaban J connectivity index is 1.98. The average Bonchev–Trinajstić information content (AvgIpc) is 3.10. The van der Waals surface area contributed by atoms with Crippen LogP contribution in [-0.2, 0) is 10.0 Å². The second-order valence-corrected chi connectivity index (χ2v) is 7.33. The summed E-state index contributed by atoms with van der Waals surface area (Å²) in [4.78, 5) is 4.06. The first kappa shape index (κ1) is 15.4. The van der Waals surface area contributed by atoms with Crippen LogP contribution in [0.3, 0.4) is 0 Å². The predicted octanol–water partition coefficient (Wildman–Crippen LogP) is 2.70. The van der Waals surface area contributed by atoms with E-state index in [0.29, 0.717) is 25.2 Å². The maximum atomic E-state index is 13.2. The van der Waals surface area contributed by atoms with Gasteiger partial charge < -0.3 is 4.52 Å². The summed E-state index contributed by atoms with van der Waals surface area (Å²) in [5, 5.41) is 3.47. The number of rotatable bonds is 3. The summed E-state index contributed by atoms with van der Waals surface area (Å²) in [7, 11) is -3.81. The largest absolute Gasteiger partial charge is 0.338 e. The lowest BCUT2D eigenvalue weighted by atomic mass is 10.2. The van der Waals surface area contributed by atoms with E-state index in [4.69, 9.17) is 16.1 Å². The monoisotopic (exact) mass is 345 g/mol. The number of aromatic nitrogens is 2. The Bertz CT molecular complexity index is 809. The SMILES string of the molecule is Cc1noc(C2CCCN2S(=O)(=O)c2ccc(F)c(Cl)c2)n1. The van der Waals surface area contributed by atoms with Crippen LogP contribution in [0.25, 0.3) is 0 Å². The molecule has 0 N–H and O–H groups in total. The van der Waals surface area contributed by atoms with Crippen LogP contribution < -0.4 is 0 Å². The highest BCUT2D eigenvalue weighted by Gasteiger charge is 2.39. The number of aryl methyl sites for hydroxylation is 1. The molecule has 1 unspecified atom stereocenters. The van der Waals surface area contributed by atoms with Gasteiger partial charge in [-0.05, 0) is 38.0 Å². The van der Waals surface area contributed by atoms with E-state index in [0.717, 1.165) is 12.1 Å². The van der Waals surface area contributed by atoms with Crippen LogP contribution in [-0.4, -0.2) is 29.4 Å². The Morgan fingerprint density at radius 3 is 2.86 bits per heavy atom. The third-order valence-corrected chi connectivity index (χ3v) is 5.72. The molecule has 1 aromatic carbocycles. The highest BCUT2D eigenvalue weighted by Crippen LogP contribution is 2.36.